The third-order valence-corrected chi connectivity index (χ3v) is 7.63. The van der Waals surface area contributed by atoms with Gasteiger partial charge in [-0.1, -0.05) is 12.1 Å². The number of alkyl halides is 3. The lowest BCUT2D eigenvalue weighted by Crippen LogP contribution is -2.14. The number of aliphatic imine (C=N–C) groups is 1. The number of ketones is 1. The van der Waals surface area contributed by atoms with Gasteiger partial charge in [0.05, 0.1) is 12.4 Å². The van der Waals surface area contributed by atoms with Crippen LogP contribution >= 0.6 is 0 Å². The van der Waals surface area contributed by atoms with Crippen LogP contribution in [0.2, 0.25) is 0 Å². The zero-order valence-electron chi connectivity index (χ0n) is 22.1. The molecule has 2 N–H and O–H groups in total. The topological polar surface area (TPSA) is 73.3 Å². The van der Waals surface area contributed by atoms with E-state index >= 15 is 0 Å². The Hall–Kier alpha value is -3.49. The summed E-state index contributed by atoms with van der Waals surface area (Å²) in [5, 5.41) is 3.75. The molecule has 5 rings (SSSR count). The van der Waals surface area contributed by atoms with Gasteiger partial charge >= 0.3 is 6.18 Å². The fourth-order valence-corrected chi connectivity index (χ4v) is 5.07. The van der Waals surface area contributed by atoms with Crippen LogP contribution in [0.1, 0.15) is 77.7 Å². The summed E-state index contributed by atoms with van der Waals surface area (Å²) >= 11 is 0. The number of rotatable bonds is 10. The summed E-state index contributed by atoms with van der Waals surface area (Å²) in [6.07, 6.45) is 0.839. The summed E-state index contributed by atoms with van der Waals surface area (Å²) in [5.74, 6) is 0.560. The largest absolute Gasteiger partial charge is 0.435 e. The van der Waals surface area contributed by atoms with Crippen molar-refractivity contribution in [3.63, 3.8) is 0 Å². The molecule has 0 saturated heterocycles. The van der Waals surface area contributed by atoms with Crippen molar-refractivity contribution >= 4 is 11.6 Å². The van der Waals surface area contributed by atoms with E-state index in [4.69, 9.17) is 5.73 Å². The number of hydrogen-bond acceptors (Lipinski definition) is 3. The first-order valence-corrected chi connectivity index (χ1v) is 13.4. The van der Waals surface area contributed by atoms with E-state index in [0.717, 1.165) is 31.2 Å². The lowest BCUT2D eigenvalue weighted by molar-refractivity contribution is -0.141. The third-order valence-electron chi connectivity index (χ3n) is 7.63. The maximum absolute atomic E-state index is 13.9. The molecule has 2 saturated carbocycles. The second-order valence-electron chi connectivity index (χ2n) is 10.8. The van der Waals surface area contributed by atoms with Crippen molar-refractivity contribution in [1.82, 2.24) is 9.78 Å². The van der Waals surface area contributed by atoms with Crippen LogP contribution in [-0.4, -0.2) is 21.4 Å². The van der Waals surface area contributed by atoms with Gasteiger partial charge in [0, 0.05) is 36.2 Å². The number of carbonyl (C=O) groups is 1. The number of Topliss-reactive ketones (excluding diaryl/α,β-unsaturated/α-hetero) is 1. The number of aromatic nitrogens is 2. The highest BCUT2D eigenvalue weighted by Gasteiger charge is 2.38. The maximum Gasteiger partial charge on any atom is 0.435 e. The Balaban J connectivity index is 1.52. The van der Waals surface area contributed by atoms with Crippen LogP contribution < -0.4 is 5.73 Å². The van der Waals surface area contributed by atoms with Gasteiger partial charge in [-0.25, -0.2) is 4.39 Å². The smallest absolute Gasteiger partial charge is 0.387 e. The van der Waals surface area contributed by atoms with Gasteiger partial charge in [0.15, 0.2) is 11.5 Å². The first kappa shape index (κ1) is 27.1. The average Bonchev–Trinajstić information content (AvgIpc) is 3.84. The molecule has 2 aromatic carbocycles. The van der Waals surface area contributed by atoms with Gasteiger partial charge in [-0.05, 0) is 97.9 Å². The Morgan fingerprint density at radius 1 is 1.15 bits per heavy atom. The molecular weight excluding hydrogens is 508 g/mol. The monoisotopic (exact) mass is 540 g/mol. The maximum atomic E-state index is 13.9. The highest BCUT2D eigenvalue weighted by atomic mass is 19.4. The molecule has 1 aromatic heterocycles. The van der Waals surface area contributed by atoms with Gasteiger partial charge in [0.1, 0.15) is 5.82 Å². The molecule has 206 valence electrons. The van der Waals surface area contributed by atoms with Crippen molar-refractivity contribution < 1.29 is 22.4 Å². The van der Waals surface area contributed by atoms with Crippen LogP contribution in [0.4, 0.5) is 17.6 Å². The molecule has 0 spiro atoms. The lowest BCUT2D eigenvalue weighted by Gasteiger charge is -2.18. The summed E-state index contributed by atoms with van der Waals surface area (Å²) in [5.41, 5.74) is 7.63. The summed E-state index contributed by atoms with van der Waals surface area (Å²) in [6, 6.07) is 9.80. The van der Waals surface area contributed by atoms with Crippen LogP contribution in [0.25, 0.3) is 11.1 Å². The van der Waals surface area contributed by atoms with E-state index in [1.165, 1.54) is 23.0 Å². The van der Waals surface area contributed by atoms with Crippen LogP contribution in [0, 0.1) is 24.6 Å². The Morgan fingerprint density at radius 3 is 2.51 bits per heavy atom. The minimum atomic E-state index is -4.65. The third kappa shape index (κ3) is 6.23. The highest BCUT2D eigenvalue weighted by molar-refractivity contribution is 5.98. The van der Waals surface area contributed by atoms with Crippen LogP contribution in [-0.2, 0) is 19.3 Å². The van der Waals surface area contributed by atoms with Gasteiger partial charge in [0.2, 0.25) is 0 Å². The summed E-state index contributed by atoms with van der Waals surface area (Å²) in [4.78, 5) is 18.1. The van der Waals surface area contributed by atoms with E-state index in [0.29, 0.717) is 28.4 Å². The molecule has 3 aromatic rings. The van der Waals surface area contributed by atoms with E-state index in [2.05, 4.69) is 10.1 Å². The first-order chi connectivity index (χ1) is 18.5. The fourth-order valence-electron chi connectivity index (χ4n) is 5.07. The highest BCUT2D eigenvalue weighted by Crippen LogP contribution is 2.45. The zero-order chi connectivity index (χ0) is 27.9. The molecule has 39 heavy (non-hydrogen) atoms. The summed E-state index contributed by atoms with van der Waals surface area (Å²) < 4.78 is 56.9. The average molecular weight is 541 g/mol. The molecule has 0 bridgehead atoms. The van der Waals surface area contributed by atoms with Crippen molar-refractivity contribution in [2.45, 2.75) is 71.1 Å². The van der Waals surface area contributed by atoms with E-state index < -0.39 is 11.9 Å². The normalized spacial score (nSPS) is 16.9. The molecule has 2 fully saturated rings. The lowest BCUT2D eigenvalue weighted by atomic mass is 9.86. The Labute approximate surface area is 225 Å². The molecule has 0 radical (unpaired) electrons. The van der Waals surface area contributed by atoms with Crippen molar-refractivity contribution in [3.8, 4) is 11.1 Å². The molecule has 2 aliphatic carbocycles. The first-order valence-electron chi connectivity index (χ1n) is 13.4. The molecular formula is C30H32F4N4O. The second kappa shape index (κ2) is 10.6. The summed E-state index contributed by atoms with van der Waals surface area (Å²) in [6.45, 7) is 3.86. The number of halogens is 4. The second-order valence-corrected chi connectivity index (χ2v) is 10.8. The molecule has 0 unspecified atom stereocenters. The van der Waals surface area contributed by atoms with Crippen molar-refractivity contribution in [2.75, 3.05) is 0 Å². The standard InChI is InChI=1S/C30H32F4N4O/c1-3-38-16-25(28(37-38)30(32,33)34)22-11-18(15-36-29(35)20-6-7-20)12-23(13-22)27(39)14-24(19-4-5-19)21-8-9-26(31)17(2)10-21/h8-13,16,19-20,24H,3-7,14-15H2,1-2H3,(H2,35,36)/t24-/m0/s1. The predicted octanol–water partition coefficient (Wildman–Crippen LogP) is 7.07. The van der Waals surface area contributed by atoms with E-state index in [9.17, 15) is 22.4 Å². The summed E-state index contributed by atoms with van der Waals surface area (Å²) in [7, 11) is 0. The van der Waals surface area contributed by atoms with Gasteiger partial charge < -0.3 is 5.73 Å². The molecule has 0 amide bonds. The van der Waals surface area contributed by atoms with Gasteiger partial charge in [-0.3, -0.25) is 14.5 Å². The van der Waals surface area contributed by atoms with Crippen LogP contribution in [0.3, 0.4) is 0 Å². The minimum Gasteiger partial charge on any atom is -0.387 e. The molecule has 1 heterocycles. The van der Waals surface area contributed by atoms with Crippen molar-refractivity contribution in [1.29, 1.82) is 0 Å². The number of hydrogen-bond donors (Lipinski definition) is 1. The molecule has 0 aliphatic heterocycles. The van der Waals surface area contributed by atoms with E-state index in [1.807, 2.05) is 0 Å². The SMILES string of the molecule is CCn1cc(-c2cc(CN=C(N)C3CC3)cc(C(=O)C[C@H](c3ccc(F)c(C)c3)C3CC3)c2)c(C(F)(F)F)n1. The quantitative estimate of drug-likeness (QED) is 0.129. The molecule has 1 atom stereocenters. The number of nitrogens with zero attached hydrogens (tertiary/aromatic N) is 3. The van der Waals surface area contributed by atoms with Crippen LogP contribution in [0.5, 0.6) is 0 Å². The Kier molecular flexibility index (Phi) is 7.35. The number of aryl methyl sites for hydroxylation is 2. The Morgan fingerprint density at radius 2 is 1.90 bits per heavy atom. The number of carbonyl (C=O) groups excluding carboxylic acids is 1. The predicted molar refractivity (Wildman–Crippen MR) is 142 cm³/mol. The zero-order valence-corrected chi connectivity index (χ0v) is 22.1. The number of benzene rings is 2. The van der Waals surface area contributed by atoms with E-state index in [1.54, 1.807) is 38.1 Å². The van der Waals surface area contributed by atoms with E-state index in [-0.39, 0.29) is 54.1 Å². The van der Waals surface area contributed by atoms with Gasteiger partial charge in [-0.15, -0.1) is 0 Å². The molecule has 2 aliphatic rings. The molecule has 9 heteroatoms. The fraction of sp³-hybridized carbons (Fsp3) is 0.433. The number of amidine groups is 1. The van der Waals surface area contributed by atoms with Crippen LogP contribution in [0.15, 0.2) is 47.6 Å². The minimum absolute atomic E-state index is 0.0766. The van der Waals surface area contributed by atoms with Crippen molar-refractivity contribution in [3.05, 3.63) is 76.4 Å². The number of nitrogens with two attached hydrogens (primary N) is 1. The van der Waals surface area contributed by atoms with Gasteiger partial charge in [-0.2, -0.15) is 18.3 Å². The van der Waals surface area contributed by atoms with Gasteiger partial charge in [0.25, 0.3) is 0 Å². The van der Waals surface area contributed by atoms with Crippen molar-refractivity contribution in [2.24, 2.45) is 22.6 Å². The molecule has 5 nitrogen and oxygen atoms in total. The Bertz CT molecular complexity index is 1420.